The van der Waals surface area contributed by atoms with Gasteiger partial charge in [-0.05, 0) is 37.7 Å². The Balaban J connectivity index is 0. The van der Waals surface area contributed by atoms with Crippen molar-refractivity contribution in [1.29, 1.82) is 0 Å². The Morgan fingerprint density at radius 3 is 1.85 bits per heavy atom. The molecule has 0 N–H and O–H groups in total. The van der Waals surface area contributed by atoms with Gasteiger partial charge in [0.2, 0.25) is 0 Å². The van der Waals surface area contributed by atoms with Crippen molar-refractivity contribution in [3.63, 3.8) is 0 Å². The molecule has 3 atom stereocenters. The molecule has 0 spiro atoms. The molecule has 120 valence electrons. The molecular weight excluding hydrogens is 351 g/mol. The summed E-state index contributed by atoms with van der Waals surface area (Å²) in [6.07, 6.45) is 12.3. The van der Waals surface area contributed by atoms with E-state index in [0.717, 1.165) is 12.8 Å². The van der Waals surface area contributed by atoms with E-state index in [2.05, 4.69) is 27.7 Å². The normalized spacial score (nSPS) is 14.5. The van der Waals surface area contributed by atoms with Gasteiger partial charge < -0.3 is 0 Å². The Hall–Kier alpha value is 0.748. The molecule has 20 heavy (non-hydrogen) atoms. The van der Waals surface area contributed by atoms with Gasteiger partial charge in [-0.3, -0.25) is 0 Å². The van der Waals surface area contributed by atoms with Crippen molar-refractivity contribution < 1.29 is 30.2 Å². The Labute approximate surface area is 142 Å². The largest absolute Gasteiger partial charge is 0.511 e. The van der Waals surface area contributed by atoms with E-state index < -0.39 is 8.03 Å². The van der Waals surface area contributed by atoms with Crippen molar-refractivity contribution in [3.8, 4) is 0 Å². The molecule has 0 fully saturated rings. The minimum Gasteiger partial charge on any atom is -0.143 e. The van der Waals surface area contributed by atoms with Crippen LogP contribution in [0.3, 0.4) is 0 Å². The molecule has 0 aliphatic rings. The maximum Gasteiger partial charge on any atom is 0.511 e. The van der Waals surface area contributed by atoms with Crippen LogP contribution in [0.15, 0.2) is 0 Å². The summed E-state index contributed by atoms with van der Waals surface area (Å²) in [5.41, 5.74) is 0.213. The average Bonchev–Trinajstić information content (AvgIpc) is 2.39. The molecule has 0 aromatic rings. The predicted molar refractivity (Wildman–Crippen MR) is 85.1 cm³/mol. The van der Waals surface area contributed by atoms with Gasteiger partial charge in [0.15, 0.2) is 5.66 Å². The number of unbranched alkanes of at least 4 members (excludes halogenated alkanes) is 6. The molecule has 0 rings (SSSR count). The average molecular weight is 385 g/mol. The van der Waals surface area contributed by atoms with Crippen LogP contribution in [0.2, 0.25) is 0 Å². The summed E-state index contributed by atoms with van der Waals surface area (Å²) in [6.45, 7) is 8.56. The van der Waals surface area contributed by atoms with E-state index in [1.165, 1.54) is 51.4 Å². The van der Waals surface area contributed by atoms with Crippen LogP contribution in [0.5, 0.6) is 0 Å². The van der Waals surface area contributed by atoms with E-state index in [9.17, 15) is 4.57 Å². The van der Waals surface area contributed by atoms with Crippen LogP contribution < -0.4 is 0 Å². The van der Waals surface area contributed by atoms with Crippen LogP contribution in [0.4, 0.5) is 0 Å². The van der Waals surface area contributed by atoms with E-state index in [1.807, 2.05) is 0 Å². The quantitative estimate of drug-likeness (QED) is 0.207. The van der Waals surface area contributed by atoms with Crippen LogP contribution in [0.1, 0.15) is 91.9 Å². The molecule has 0 aliphatic heterocycles. The Morgan fingerprint density at radius 2 is 1.35 bits per heavy atom. The van der Waals surface area contributed by atoms with E-state index in [0.29, 0.717) is 0 Å². The van der Waals surface area contributed by atoms with Gasteiger partial charge in [0.05, 0.1) is 0 Å². The molecule has 0 saturated heterocycles. The van der Waals surface area contributed by atoms with Gasteiger partial charge in [-0.2, -0.15) is 0 Å². The van der Waals surface area contributed by atoms with Crippen molar-refractivity contribution in [3.05, 3.63) is 0 Å². The maximum atomic E-state index is 12.0. The molecule has 4 heteroatoms. The topological polar surface area (TPSA) is 26.3 Å². The molecule has 0 aliphatic carbocycles. The van der Waals surface area contributed by atoms with E-state index in [1.54, 1.807) is 0 Å². The first-order valence-electron chi connectivity index (χ1n) is 8.24. The summed E-state index contributed by atoms with van der Waals surface area (Å²) >= 11 is 0. The van der Waals surface area contributed by atoms with Crippen LogP contribution in [-0.4, -0.2) is 11.8 Å². The van der Waals surface area contributed by atoms with Gasteiger partial charge in [-0.1, -0.05) is 58.8 Å². The third kappa shape index (κ3) is 13.7. The summed E-state index contributed by atoms with van der Waals surface area (Å²) < 4.78 is 17.7. The van der Waals surface area contributed by atoms with E-state index in [4.69, 9.17) is 4.52 Å². The van der Waals surface area contributed by atoms with Crippen LogP contribution in [-0.2, 0) is 30.2 Å². The van der Waals surface area contributed by atoms with Gasteiger partial charge in [-0.25, -0.2) is 0 Å². The van der Waals surface area contributed by atoms with E-state index >= 15 is 0 Å². The van der Waals surface area contributed by atoms with Gasteiger partial charge in [0.25, 0.3) is 0 Å². The number of hydrogen-bond acceptors (Lipinski definition) is 2. The summed E-state index contributed by atoms with van der Waals surface area (Å²) in [4.78, 5) is 0. The number of hydrogen-bond donors (Lipinski definition) is 0. The second-order valence-corrected chi connectivity index (χ2v) is 7.41. The fourth-order valence-electron chi connectivity index (χ4n) is 2.16. The standard InChI is InChI=1S/C16H34O2P.Mo/c1-5-7-9-11-13-15(3)18-19(17)16(4)14-12-10-8-6-2;/h15-16H,5-14H2,1-4H3;/q+1;. The fraction of sp³-hybridized carbons (Fsp3) is 1.00. The fourth-order valence-corrected chi connectivity index (χ4v) is 3.23. The zero-order chi connectivity index (χ0) is 14.5. The molecule has 0 amide bonds. The van der Waals surface area contributed by atoms with Crippen LogP contribution in [0, 0.1) is 0 Å². The minimum absolute atomic E-state index is 0. The molecule has 0 bridgehead atoms. The monoisotopic (exact) mass is 387 g/mol. The zero-order valence-corrected chi connectivity index (χ0v) is 16.8. The van der Waals surface area contributed by atoms with Crippen molar-refractivity contribution in [2.75, 3.05) is 0 Å². The molecule has 0 heterocycles. The Morgan fingerprint density at radius 1 is 0.850 bits per heavy atom. The van der Waals surface area contributed by atoms with Gasteiger partial charge in [-0.15, -0.1) is 4.52 Å². The molecular formula is C16H34MoO2P+. The van der Waals surface area contributed by atoms with E-state index in [-0.39, 0.29) is 32.8 Å². The molecule has 0 aromatic heterocycles. The second kappa shape index (κ2) is 16.1. The molecule has 0 radical (unpaired) electrons. The summed E-state index contributed by atoms with van der Waals surface area (Å²) in [7, 11) is -1.48. The summed E-state index contributed by atoms with van der Waals surface area (Å²) in [6, 6.07) is 0. The zero-order valence-electron chi connectivity index (χ0n) is 13.9. The van der Waals surface area contributed by atoms with Gasteiger partial charge >= 0.3 is 8.03 Å². The smallest absolute Gasteiger partial charge is 0.143 e. The summed E-state index contributed by atoms with van der Waals surface area (Å²) in [5, 5.41) is 0. The Bertz CT molecular complexity index is 225. The first-order valence-corrected chi connectivity index (χ1v) is 9.49. The third-order valence-electron chi connectivity index (χ3n) is 3.58. The molecule has 2 nitrogen and oxygen atoms in total. The van der Waals surface area contributed by atoms with Gasteiger partial charge in [0, 0.05) is 21.1 Å². The second-order valence-electron chi connectivity index (χ2n) is 5.75. The minimum atomic E-state index is -1.48. The predicted octanol–water partition coefficient (Wildman–Crippen LogP) is 6.46. The molecule has 0 saturated carbocycles. The first kappa shape index (κ1) is 23.0. The van der Waals surface area contributed by atoms with Gasteiger partial charge in [0.1, 0.15) is 6.10 Å². The SMILES string of the molecule is CCCCCCC(C)O[P+](=O)C(C)CCCCCC.[Mo]. The molecule has 3 unspecified atom stereocenters. The third-order valence-corrected chi connectivity index (χ3v) is 5.13. The summed E-state index contributed by atoms with van der Waals surface area (Å²) in [5.74, 6) is 0. The van der Waals surface area contributed by atoms with Crippen molar-refractivity contribution >= 4 is 8.03 Å². The van der Waals surface area contributed by atoms with Crippen LogP contribution >= 0.6 is 8.03 Å². The van der Waals surface area contributed by atoms with Crippen molar-refractivity contribution in [1.82, 2.24) is 0 Å². The van der Waals surface area contributed by atoms with Crippen molar-refractivity contribution in [2.45, 2.75) is 104 Å². The Kier molecular flexibility index (Phi) is 18.6. The first-order chi connectivity index (χ1) is 9.11. The molecule has 0 aromatic carbocycles. The van der Waals surface area contributed by atoms with Crippen molar-refractivity contribution in [2.24, 2.45) is 0 Å². The number of rotatable bonds is 13. The van der Waals surface area contributed by atoms with Crippen LogP contribution in [0.25, 0.3) is 0 Å². The maximum absolute atomic E-state index is 12.0.